The third-order valence-electron chi connectivity index (χ3n) is 7.48. The first-order valence-corrected chi connectivity index (χ1v) is 11.9. The highest BCUT2D eigenvalue weighted by Gasteiger charge is 2.41. The number of nitrogens with one attached hydrogen (secondary N) is 1. The Kier molecular flexibility index (Phi) is 5.32. The summed E-state index contributed by atoms with van der Waals surface area (Å²) in [6.07, 6.45) is 1.87. The molecule has 1 N–H and O–H groups in total. The number of likely N-dealkylation sites (tertiary alicyclic amines) is 2. The Morgan fingerprint density at radius 2 is 1.78 bits per heavy atom. The summed E-state index contributed by atoms with van der Waals surface area (Å²) in [6.45, 7) is 12.6. The fraction of sp³-hybridized carbons (Fsp3) is 0.481. The molecule has 5 heteroatoms. The van der Waals surface area contributed by atoms with Gasteiger partial charge in [-0.1, -0.05) is 19.9 Å². The van der Waals surface area contributed by atoms with Crippen molar-refractivity contribution in [1.82, 2.24) is 19.8 Å². The third kappa shape index (κ3) is 3.62. The number of carbonyl (C=O) groups is 1. The van der Waals surface area contributed by atoms with Crippen LogP contribution < -0.4 is 0 Å². The number of fused-ring (bicyclic) bond motifs is 2. The topological polar surface area (TPSA) is 52.2 Å². The van der Waals surface area contributed by atoms with Crippen molar-refractivity contribution in [1.29, 1.82) is 0 Å². The van der Waals surface area contributed by atoms with Crippen LogP contribution >= 0.6 is 0 Å². The van der Waals surface area contributed by atoms with E-state index in [-0.39, 0.29) is 11.8 Å². The summed E-state index contributed by atoms with van der Waals surface area (Å²) in [5, 5.41) is 1.22. The fourth-order valence-electron chi connectivity index (χ4n) is 5.85. The van der Waals surface area contributed by atoms with Gasteiger partial charge in [0, 0.05) is 54.5 Å². The van der Waals surface area contributed by atoms with Gasteiger partial charge in [-0.05, 0) is 74.0 Å². The van der Waals surface area contributed by atoms with Crippen molar-refractivity contribution in [3.05, 3.63) is 53.3 Å². The van der Waals surface area contributed by atoms with Crippen LogP contribution in [0.15, 0.2) is 36.5 Å². The number of hydrogen-bond donors (Lipinski definition) is 1. The van der Waals surface area contributed by atoms with E-state index in [1.165, 1.54) is 10.9 Å². The number of aromatic amines is 1. The number of aromatic nitrogens is 2. The second kappa shape index (κ2) is 8.04. The molecular weight excluding hydrogens is 396 g/mol. The van der Waals surface area contributed by atoms with Crippen LogP contribution in [0.3, 0.4) is 0 Å². The summed E-state index contributed by atoms with van der Waals surface area (Å²) in [7, 11) is 2.19. The lowest BCUT2D eigenvalue weighted by molar-refractivity contribution is -0.131. The molecule has 5 nitrogen and oxygen atoms in total. The van der Waals surface area contributed by atoms with Gasteiger partial charge < -0.3 is 14.8 Å². The normalized spacial score (nSPS) is 22.1. The average Bonchev–Trinajstić information content (AvgIpc) is 3.42. The number of H-pyrrole nitrogens is 1. The highest BCUT2D eigenvalue weighted by atomic mass is 16.2. The van der Waals surface area contributed by atoms with Gasteiger partial charge in [0.15, 0.2) is 0 Å². The summed E-state index contributed by atoms with van der Waals surface area (Å²) < 4.78 is 0. The minimum Gasteiger partial charge on any atom is -0.354 e. The molecule has 0 radical (unpaired) electrons. The number of carbonyl (C=O) groups excluding carboxylic acids is 1. The molecule has 0 bridgehead atoms. The number of hydrogen-bond acceptors (Lipinski definition) is 3. The first-order valence-electron chi connectivity index (χ1n) is 11.9. The largest absolute Gasteiger partial charge is 0.354 e. The van der Waals surface area contributed by atoms with Crippen LogP contribution in [0.4, 0.5) is 0 Å². The van der Waals surface area contributed by atoms with E-state index in [9.17, 15) is 4.79 Å². The lowest BCUT2D eigenvalue weighted by atomic mass is 9.93. The van der Waals surface area contributed by atoms with Crippen molar-refractivity contribution >= 4 is 16.8 Å². The fourth-order valence-corrected chi connectivity index (χ4v) is 5.85. The maximum atomic E-state index is 13.4. The van der Waals surface area contributed by atoms with Gasteiger partial charge in [-0.3, -0.25) is 9.78 Å². The monoisotopic (exact) mass is 430 g/mol. The van der Waals surface area contributed by atoms with E-state index in [0.29, 0.717) is 17.8 Å². The molecule has 2 saturated heterocycles. The van der Waals surface area contributed by atoms with Gasteiger partial charge in [0.1, 0.15) is 0 Å². The molecular formula is C27H34N4O. The molecule has 2 fully saturated rings. The highest BCUT2D eigenvalue weighted by Crippen LogP contribution is 2.38. The van der Waals surface area contributed by atoms with Crippen LogP contribution in [0, 0.1) is 18.8 Å². The standard InChI is InChI=1S/C27H34N4O/c1-16(2)25-23-11-19(6-7-24(23)29-26(25)20-8-9-28-17(3)10-20)18(4)27(32)31-14-21-12-30(5)13-22(21)15-31/h6-11,16,18,21-22,29H,12-15H2,1-5H3. The molecule has 2 aliphatic rings. The molecule has 0 saturated carbocycles. The Balaban J connectivity index is 1.46. The summed E-state index contributed by atoms with van der Waals surface area (Å²) in [6, 6.07) is 10.7. The van der Waals surface area contributed by atoms with Crippen molar-refractivity contribution in [3.8, 4) is 11.3 Å². The van der Waals surface area contributed by atoms with Gasteiger partial charge in [0.05, 0.1) is 11.6 Å². The molecule has 1 amide bonds. The zero-order chi connectivity index (χ0) is 22.6. The molecule has 5 rings (SSSR count). The van der Waals surface area contributed by atoms with Crippen LogP contribution in [0.2, 0.25) is 0 Å². The van der Waals surface area contributed by atoms with Crippen molar-refractivity contribution < 1.29 is 4.79 Å². The van der Waals surface area contributed by atoms with Crippen LogP contribution in [0.25, 0.3) is 22.2 Å². The van der Waals surface area contributed by atoms with E-state index in [1.807, 2.05) is 13.1 Å². The summed E-state index contributed by atoms with van der Waals surface area (Å²) in [5.41, 5.74) is 6.88. The Morgan fingerprint density at radius 3 is 2.44 bits per heavy atom. The lowest BCUT2D eigenvalue weighted by Gasteiger charge is -2.23. The van der Waals surface area contributed by atoms with Gasteiger partial charge in [-0.25, -0.2) is 0 Å². The molecule has 3 aromatic rings. The molecule has 168 valence electrons. The van der Waals surface area contributed by atoms with Gasteiger partial charge in [-0.2, -0.15) is 0 Å². The van der Waals surface area contributed by atoms with E-state index in [4.69, 9.17) is 0 Å². The van der Waals surface area contributed by atoms with E-state index in [0.717, 1.165) is 54.2 Å². The van der Waals surface area contributed by atoms with Crippen LogP contribution in [-0.4, -0.2) is 58.9 Å². The van der Waals surface area contributed by atoms with Gasteiger partial charge in [-0.15, -0.1) is 0 Å². The number of amides is 1. The lowest BCUT2D eigenvalue weighted by Crippen LogP contribution is -2.35. The molecule has 3 atom stereocenters. The minimum atomic E-state index is -0.127. The Morgan fingerprint density at radius 1 is 1.06 bits per heavy atom. The molecule has 2 aliphatic heterocycles. The maximum Gasteiger partial charge on any atom is 0.229 e. The predicted molar refractivity (Wildman–Crippen MR) is 130 cm³/mol. The number of aryl methyl sites for hydroxylation is 1. The predicted octanol–water partition coefficient (Wildman–Crippen LogP) is 4.79. The molecule has 0 aliphatic carbocycles. The number of rotatable bonds is 4. The number of benzene rings is 1. The van der Waals surface area contributed by atoms with E-state index >= 15 is 0 Å². The van der Waals surface area contributed by atoms with Crippen molar-refractivity contribution in [3.63, 3.8) is 0 Å². The summed E-state index contributed by atoms with van der Waals surface area (Å²) >= 11 is 0. The van der Waals surface area contributed by atoms with Crippen LogP contribution in [0.1, 0.15) is 49.4 Å². The van der Waals surface area contributed by atoms with Crippen molar-refractivity contribution in [2.45, 2.75) is 39.5 Å². The second-order valence-corrected chi connectivity index (χ2v) is 10.3. The molecule has 1 aromatic carbocycles. The van der Waals surface area contributed by atoms with Crippen molar-refractivity contribution in [2.75, 3.05) is 33.2 Å². The van der Waals surface area contributed by atoms with Crippen molar-refractivity contribution in [2.24, 2.45) is 11.8 Å². The van der Waals surface area contributed by atoms with E-state index in [2.05, 4.69) is 77.9 Å². The smallest absolute Gasteiger partial charge is 0.229 e. The van der Waals surface area contributed by atoms with E-state index < -0.39 is 0 Å². The quantitative estimate of drug-likeness (QED) is 0.648. The molecule has 4 heterocycles. The van der Waals surface area contributed by atoms with Gasteiger partial charge in [0.25, 0.3) is 0 Å². The van der Waals surface area contributed by atoms with E-state index in [1.54, 1.807) is 0 Å². The summed E-state index contributed by atoms with van der Waals surface area (Å²) in [4.78, 5) is 25.9. The third-order valence-corrected chi connectivity index (χ3v) is 7.48. The second-order valence-electron chi connectivity index (χ2n) is 10.3. The Bertz CT molecular complexity index is 1150. The summed E-state index contributed by atoms with van der Waals surface area (Å²) in [5.74, 6) is 1.79. The zero-order valence-corrected chi connectivity index (χ0v) is 19.9. The van der Waals surface area contributed by atoms with Crippen LogP contribution in [0.5, 0.6) is 0 Å². The first-order chi connectivity index (χ1) is 15.3. The highest BCUT2D eigenvalue weighted by molar-refractivity contribution is 5.93. The molecule has 0 spiro atoms. The number of pyridine rings is 1. The molecule has 3 unspecified atom stereocenters. The first kappa shape index (κ1) is 21.2. The zero-order valence-electron chi connectivity index (χ0n) is 19.9. The molecule has 32 heavy (non-hydrogen) atoms. The SMILES string of the molecule is Cc1cc(-c2[nH]c3ccc(C(C)C(=O)N4CC5CN(C)CC5C4)cc3c2C(C)C)ccn1. The number of nitrogens with zero attached hydrogens (tertiary/aromatic N) is 3. The van der Waals surface area contributed by atoms with Crippen LogP contribution in [-0.2, 0) is 4.79 Å². The van der Waals surface area contributed by atoms with Gasteiger partial charge >= 0.3 is 0 Å². The maximum absolute atomic E-state index is 13.4. The Hall–Kier alpha value is -2.66. The average molecular weight is 431 g/mol. The molecule has 2 aromatic heterocycles. The van der Waals surface area contributed by atoms with Gasteiger partial charge in [0.2, 0.25) is 5.91 Å². The Labute approximate surface area is 190 Å². The minimum absolute atomic E-state index is 0.127.